The zero-order valence-electron chi connectivity index (χ0n) is 15.4. The first-order valence-corrected chi connectivity index (χ1v) is 8.87. The highest BCUT2D eigenvalue weighted by Crippen LogP contribution is 2.37. The van der Waals surface area contributed by atoms with Crippen LogP contribution in [0.1, 0.15) is 50.9 Å². The molecule has 0 spiro atoms. The van der Waals surface area contributed by atoms with Crippen molar-refractivity contribution in [3.05, 3.63) is 23.8 Å². The normalized spacial score (nSPS) is 12.0. The fraction of sp³-hybridized carbons (Fsp3) is 0.444. The highest BCUT2D eigenvalue weighted by Gasteiger charge is 2.17. The maximum absolute atomic E-state index is 12.2. The number of thiocarbonyl (C=S) groups is 1. The number of rotatable bonds is 4. The molecule has 0 saturated carbocycles. The molecular formula is C18H24N4O3S. The predicted molar refractivity (Wildman–Crippen MR) is 105 cm³/mol. The summed E-state index contributed by atoms with van der Waals surface area (Å²) in [4.78, 5) is 12.2. The Balaban J connectivity index is 2.26. The number of amides is 1. The number of hydrogen-bond acceptors (Lipinski definition) is 4. The summed E-state index contributed by atoms with van der Waals surface area (Å²) < 4.78 is 1.44. The molecule has 3 N–H and O–H groups in total. The molecule has 1 aromatic carbocycles. The highest BCUT2D eigenvalue weighted by atomic mass is 32.1. The third-order valence-corrected chi connectivity index (χ3v) is 3.89. The molecule has 2 aromatic rings. The Bertz CT molecular complexity index is 865. The van der Waals surface area contributed by atoms with Gasteiger partial charge in [-0.2, -0.15) is 0 Å². The molecule has 0 aliphatic rings. The highest BCUT2D eigenvalue weighted by molar-refractivity contribution is 7.80. The maximum Gasteiger partial charge on any atom is 0.295 e. The second-order valence-corrected chi connectivity index (χ2v) is 7.48. The summed E-state index contributed by atoms with van der Waals surface area (Å²) in [5, 5.41) is 31.9. The minimum atomic E-state index is -0.579. The van der Waals surface area contributed by atoms with E-state index < -0.39 is 5.91 Å². The molecule has 7 nitrogen and oxygen atoms in total. The van der Waals surface area contributed by atoms with Gasteiger partial charge >= 0.3 is 0 Å². The Morgan fingerprint density at radius 2 is 1.85 bits per heavy atom. The largest absolute Gasteiger partial charge is 0.494 e. The van der Waals surface area contributed by atoms with Crippen molar-refractivity contribution in [2.45, 2.75) is 52.6 Å². The quantitative estimate of drug-likeness (QED) is 0.551. The van der Waals surface area contributed by atoms with Crippen molar-refractivity contribution >= 4 is 34.0 Å². The van der Waals surface area contributed by atoms with Crippen LogP contribution >= 0.6 is 12.2 Å². The standard InChI is InChI=1S/C18H24N4O3S/c1-5-6-9-22-15(24)12-8-7-11(10-13(12)16(22)25)14(23)20-21-17(26)19-18(2,3)4/h7-8,10,24-25H,5-6,9H2,1-4H3,(H,19,26). The van der Waals surface area contributed by atoms with Crippen LogP contribution in [0.2, 0.25) is 0 Å². The molecule has 0 fully saturated rings. The van der Waals surface area contributed by atoms with Crippen LogP contribution in [0.15, 0.2) is 28.4 Å². The Morgan fingerprint density at radius 1 is 1.19 bits per heavy atom. The van der Waals surface area contributed by atoms with Crippen LogP contribution < -0.4 is 5.32 Å². The average Bonchev–Trinajstić information content (AvgIpc) is 2.80. The lowest BCUT2D eigenvalue weighted by Crippen LogP contribution is -2.38. The lowest BCUT2D eigenvalue weighted by atomic mass is 10.1. The van der Waals surface area contributed by atoms with Crippen molar-refractivity contribution in [1.29, 1.82) is 0 Å². The Kier molecular flexibility index (Phi) is 5.97. The van der Waals surface area contributed by atoms with Crippen LogP contribution in [0.4, 0.5) is 0 Å². The monoisotopic (exact) mass is 376 g/mol. The number of hydrogen-bond donors (Lipinski definition) is 3. The summed E-state index contributed by atoms with van der Waals surface area (Å²) in [6.07, 6.45) is 1.75. The van der Waals surface area contributed by atoms with Gasteiger partial charge in [-0.1, -0.05) is 13.3 Å². The van der Waals surface area contributed by atoms with Crippen LogP contribution in [0.25, 0.3) is 10.8 Å². The Hall–Kier alpha value is -2.48. The molecule has 0 bridgehead atoms. The van der Waals surface area contributed by atoms with E-state index in [4.69, 9.17) is 12.2 Å². The molecule has 0 atom stereocenters. The molecule has 26 heavy (non-hydrogen) atoms. The summed E-state index contributed by atoms with van der Waals surface area (Å²) in [7, 11) is 0. The van der Waals surface area contributed by atoms with Gasteiger partial charge in [-0.05, 0) is 57.6 Å². The molecule has 1 aromatic heterocycles. The second-order valence-electron chi connectivity index (χ2n) is 7.10. The maximum atomic E-state index is 12.2. The average molecular weight is 376 g/mol. The van der Waals surface area contributed by atoms with E-state index >= 15 is 0 Å². The van der Waals surface area contributed by atoms with Gasteiger partial charge in [0, 0.05) is 28.4 Å². The molecule has 8 heteroatoms. The number of carbonyl (C=O) groups excluding carboxylic acids is 1. The second kappa shape index (κ2) is 7.82. The van der Waals surface area contributed by atoms with Crippen LogP contribution in [-0.2, 0) is 6.54 Å². The summed E-state index contributed by atoms with van der Waals surface area (Å²) in [5.74, 6) is -0.658. The number of benzene rings is 1. The van der Waals surface area contributed by atoms with Crippen molar-refractivity contribution in [3.8, 4) is 11.8 Å². The van der Waals surface area contributed by atoms with Crippen LogP contribution in [-0.4, -0.2) is 31.3 Å². The van der Waals surface area contributed by atoms with E-state index in [-0.39, 0.29) is 28.0 Å². The van der Waals surface area contributed by atoms with Gasteiger partial charge in [-0.3, -0.25) is 9.36 Å². The lowest BCUT2D eigenvalue weighted by Gasteiger charge is -2.19. The molecule has 0 aliphatic heterocycles. The van der Waals surface area contributed by atoms with Gasteiger partial charge < -0.3 is 15.5 Å². The van der Waals surface area contributed by atoms with Crippen LogP contribution in [0, 0.1) is 0 Å². The smallest absolute Gasteiger partial charge is 0.295 e. The third-order valence-electron chi connectivity index (χ3n) is 3.71. The van der Waals surface area contributed by atoms with E-state index in [0.717, 1.165) is 12.8 Å². The van der Waals surface area contributed by atoms with E-state index in [1.807, 2.05) is 27.7 Å². The summed E-state index contributed by atoms with van der Waals surface area (Å²) in [6.45, 7) is 8.28. The van der Waals surface area contributed by atoms with Crippen LogP contribution in [0.5, 0.6) is 11.8 Å². The first kappa shape index (κ1) is 19.8. The Labute approximate surface area is 157 Å². The zero-order valence-corrected chi connectivity index (χ0v) is 16.2. The van der Waals surface area contributed by atoms with Gasteiger partial charge in [0.25, 0.3) is 5.91 Å². The lowest BCUT2D eigenvalue weighted by molar-refractivity contribution is 0.0995. The number of nitrogens with one attached hydrogen (secondary N) is 1. The molecular weight excluding hydrogens is 352 g/mol. The van der Waals surface area contributed by atoms with Gasteiger partial charge in [-0.25, -0.2) is 0 Å². The van der Waals surface area contributed by atoms with Crippen molar-refractivity contribution in [2.75, 3.05) is 0 Å². The Morgan fingerprint density at radius 3 is 2.46 bits per heavy atom. The molecule has 0 saturated heterocycles. The summed E-state index contributed by atoms with van der Waals surface area (Å²) in [6, 6.07) is 4.61. The minimum Gasteiger partial charge on any atom is -0.494 e. The fourth-order valence-corrected chi connectivity index (χ4v) is 2.82. The number of carbonyl (C=O) groups is 1. The molecule has 1 amide bonds. The zero-order chi connectivity index (χ0) is 19.5. The topological polar surface area (TPSA) is 99.2 Å². The van der Waals surface area contributed by atoms with E-state index in [2.05, 4.69) is 15.5 Å². The first-order chi connectivity index (χ1) is 12.1. The number of azo groups is 1. The molecule has 140 valence electrons. The molecule has 0 aliphatic carbocycles. The van der Waals surface area contributed by atoms with E-state index in [1.54, 1.807) is 6.07 Å². The number of nitrogens with zero attached hydrogens (tertiary/aromatic N) is 3. The predicted octanol–water partition coefficient (Wildman–Crippen LogP) is 4.12. The van der Waals surface area contributed by atoms with Gasteiger partial charge in [0.1, 0.15) is 0 Å². The minimum absolute atomic E-state index is 0.0119. The molecule has 0 radical (unpaired) electrons. The first-order valence-electron chi connectivity index (χ1n) is 8.46. The van der Waals surface area contributed by atoms with Gasteiger partial charge in [0.05, 0.1) is 0 Å². The van der Waals surface area contributed by atoms with Crippen molar-refractivity contribution in [1.82, 2.24) is 9.88 Å². The SMILES string of the molecule is CCCCn1c(O)c2ccc(C(=O)N=NC(=S)NC(C)(C)C)cc2c1O. The number of aromatic nitrogens is 1. The van der Waals surface area contributed by atoms with Crippen molar-refractivity contribution in [3.63, 3.8) is 0 Å². The van der Waals surface area contributed by atoms with E-state index in [1.165, 1.54) is 16.7 Å². The van der Waals surface area contributed by atoms with Gasteiger partial charge in [-0.15, -0.1) is 10.2 Å². The molecule has 2 rings (SSSR count). The van der Waals surface area contributed by atoms with Crippen molar-refractivity contribution < 1.29 is 15.0 Å². The van der Waals surface area contributed by atoms with Crippen molar-refractivity contribution in [2.24, 2.45) is 10.2 Å². The van der Waals surface area contributed by atoms with Crippen LogP contribution in [0.3, 0.4) is 0 Å². The molecule has 1 heterocycles. The number of aromatic hydroxyl groups is 2. The van der Waals surface area contributed by atoms with E-state index in [0.29, 0.717) is 17.3 Å². The fourth-order valence-electron chi connectivity index (χ4n) is 2.47. The third kappa shape index (κ3) is 4.57. The van der Waals surface area contributed by atoms with E-state index in [9.17, 15) is 15.0 Å². The number of unbranched alkanes of at least 4 members (excludes halogenated alkanes) is 1. The molecule has 0 unspecified atom stereocenters. The number of fused-ring (bicyclic) bond motifs is 1. The summed E-state index contributed by atoms with van der Waals surface area (Å²) >= 11 is 5.03. The van der Waals surface area contributed by atoms with Gasteiger partial charge in [0.2, 0.25) is 16.9 Å². The summed E-state index contributed by atoms with van der Waals surface area (Å²) in [5.41, 5.74) is -0.0225. The van der Waals surface area contributed by atoms with Gasteiger partial charge in [0.15, 0.2) is 0 Å².